The third kappa shape index (κ3) is 1.74. The van der Waals surface area contributed by atoms with Crippen LogP contribution in [0.15, 0.2) is 4.99 Å². The molecule has 2 atom stereocenters. The van der Waals surface area contributed by atoms with E-state index < -0.39 is 0 Å². The van der Waals surface area contributed by atoms with Crippen molar-refractivity contribution in [1.82, 2.24) is 4.90 Å². The van der Waals surface area contributed by atoms with Gasteiger partial charge in [-0.15, -0.1) is 0 Å². The lowest BCUT2D eigenvalue weighted by atomic mass is 10.00. The quantitative estimate of drug-likeness (QED) is 0.628. The van der Waals surface area contributed by atoms with Crippen molar-refractivity contribution >= 4 is 11.8 Å². The summed E-state index contributed by atoms with van der Waals surface area (Å²) in [6.07, 6.45) is 0. The second-order valence-corrected chi connectivity index (χ2v) is 3.99. The maximum absolute atomic E-state index is 11.7. The minimum atomic E-state index is -0.315. The fraction of sp³-hybridized carbons (Fsp3) is 0.800. The predicted molar refractivity (Wildman–Crippen MR) is 55.3 cm³/mol. The van der Waals surface area contributed by atoms with Crippen LogP contribution in [-0.2, 0) is 9.53 Å². The summed E-state index contributed by atoms with van der Waals surface area (Å²) >= 11 is 0. The van der Waals surface area contributed by atoms with Crippen LogP contribution < -0.4 is 0 Å². The van der Waals surface area contributed by atoms with Crippen LogP contribution in [0.2, 0.25) is 0 Å². The fourth-order valence-corrected chi connectivity index (χ4v) is 1.83. The van der Waals surface area contributed by atoms with Gasteiger partial charge in [0.15, 0.2) is 0 Å². The Balaban J connectivity index is 3.01. The first kappa shape index (κ1) is 11.0. The summed E-state index contributed by atoms with van der Waals surface area (Å²) in [5.74, 6) is 1.04. The standard InChI is InChI=1S/C10H18N2O2/c1-6(2)8-9(14-5)11-7(3)10(13)12(8)4/h6-8H,1-5H3/t7-,8+/m1/s1. The molecule has 1 aliphatic rings. The lowest BCUT2D eigenvalue weighted by Gasteiger charge is -2.36. The van der Waals surface area contributed by atoms with E-state index in [1.54, 1.807) is 26.0 Å². The van der Waals surface area contributed by atoms with Crippen LogP contribution in [0.1, 0.15) is 20.8 Å². The summed E-state index contributed by atoms with van der Waals surface area (Å²) in [6, 6.07) is -0.339. The molecule has 0 N–H and O–H groups in total. The molecular weight excluding hydrogens is 180 g/mol. The zero-order valence-electron chi connectivity index (χ0n) is 9.44. The SMILES string of the molecule is COC1=N[C@H](C)C(=O)N(C)[C@H]1C(C)C. The molecule has 1 amide bonds. The fourth-order valence-electron chi connectivity index (χ4n) is 1.83. The van der Waals surface area contributed by atoms with Gasteiger partial charge in [-0.3, -0.25) is 4.79 Å². The maximum atomic E-state index is 11.7. The first-order valence-electron chi connectivity index (χ1n) is 4.87. The molecule has 0 spiro atoms. The van der Waals surface area contributed by atoms with Gasteiger partial charge in [0, 0.05) is 7.05 Å². The van der Waals surface area contributed by atoms with Crippen LogP contribution in [0.25, 0.3) is 0 Å². The molecule has 0 aromatic heterocycles. The molecule has 0 saturated carbocycles. The van der Waals surface area contributed by atoms with Crippen molar-refractivity contribution in [2.75, 3.05) is 14.2 Å². The Morgan fingerprint density at radius 3 is 2.50 bits per heavy atom. The Morgan fingerprint density at radius 2 is 2.07 bits per heavy atom. The molecule has 4 heteroatoms. The van der Waals surface area contributed by atoms with Crippen molar-refractivity contribution < 1.29 is 9.53 Å². The molecule has 80 valence electrons. The number of rotatable bonds is 1. The lowest BCUT2D eigenvalue weighted by Crippen LogP contribution is -2.53. The molecule has 0 saturated heterocycles. The van der Waals surface area contributed by atoms with Crippen molar-refractivity contribution in [2.45, 2.75) is 32.9 Å². The van der Waals surface area contributed by atoms with Gasteiger partial charge in [-0.2, -0.15) is 0 Å². The third-order valence-corrected chi connectivity index (χ3v) is 2.54. The summed E-state index contributed by atoms with van der Waals surface area (Å²) in [6.45, 7) is 5.90. The zero-order chi connectivity index (χ0) is 10.9. The number of aliphatic imine (C=N–C) groups is 1. The summed E-state index contributed by atoms with van der Waals surface area (Å²) in [5, 5.41) is 0. The largest absolute Gasteiger partial charge is 0.483 e. The molecule has 0 bridgehead atoms. The van der Waals surface area contributed by atoms with Gasteiger partial charge >= 0.3 is 0 Å². The highest BCUT2D eigenvalue weighted by atomic mass is 16.5. The molecule has 0 aliphatic carbocycles. The summed E-state index contributed by atoms with van der Waals surface area (Å²) in [4.78, 5) is 17.6. The van der Waals surface area contributed by atoms with Crippen LogP contribution in [0.3, 0.4) is 0 Å². The zero-order valence-corrected chi connectivity index (χ0v) is 9.44. The Kier molecular flexibility index (Phi) is 3.13. The molecule has 1 aliphatic heterocycles. The number of amides is 1. The second-order valence-electron chi connectivity index (χ2n) is 3.99. The predicted octanol–water partition coefficient (Wildman–Crippen LogP) is 0.916. The number of nitrogens with zero attached hydrogens (tertiary/aromatic N) is 2. The Labute approximate surface area is 84.9 Å². The minimum Gasteiger partial charge on any atom is -0.483 e. The van der Waals surface area contributed by atoms with Gasteiger partial charge < -0.3 is 9.64 Å². The van der Waals surface area contributed by atoms with Crippen LogP contribution in [0.5, 0.6) is 0 Å². The molecule has 14 heavy (non-hydrogen) atoms. The number of carbonyl (C=O) groups is 1. The first-order chi connectivity index (χ1) is 6.49. The summed E-state index contributed by atoms with van der Waals surface area (Å²) in [5.41, 5.74) is 0. The van der Waals surface area contributed by atoms with Crippen LogP contribution in [-0.4, -0.2) is 42.9 Å². The highest BCUT2D eigenvalue weighted by molar-refractivity contribution is 5.95. The number of hydrogen-bond acceptors (Lipinski definition) is 3. The topological polar surface area (TPSA) is 41.9 Å². The van der Waals surface area contributed by atoms with E-state index in [0.29, 0.717) is 11.8 Å². The number of carbonyl (C=O) groups excluding carboxylic acids is 1. The molecule has 0 aromatic rings. The summed E-state index contributed by atoms with van der Waals surface area (Å²) < 4.78 is 5.21. The van der Waals surface area contributed by atoms with Crippen LogP contribution in [0.4, 0.5) is 0 Å². The maximum Gasteiger partial charge on any atom is 0.247 e. The molecule has 1 rings (SSSR count). The van der Waals surface area contributed by atoms with E-state index in [1.165, 1.54) is 0 Å². The highest BCUT2D eigenvalue weighted by Crippen LogP contribution is 2.18. The van der Waals surface area contributed by atoms with Gasteiger partial charge in [0.1, 0.15) is 12.1 Å². The van der Waals surface area contributed by atoms with Gasteiger partial charge in [0.2, 0.25) is 11.8 Å². The molecule has 4 nitrogen and oxygen atoms in total. The molecule has 0 unspecified atom stereocenters. The van der Waals surface area contributed by atoms with Gasteiger partial charge in [-0.25, -0.2) is 4.99 Å². The molecule has 0 aromatic carbocycles. The average molecular weight is 198 g/mol. The molecule has 0 fully saturated rings. The van der Waals surface area contributed by atoms with Gasteiger partial charge in [-0.1, -0.05) is 13.8 Å². The monoisotopic (exact) mass is 198 g/mol. The van der Waals surface area contributed by atoms with E-state index in [9.17, 15) is 4.79 Å². The summed E-state index contributed by atoms with van der Waals surface area (Å²) in [7, 11) is 3.40. The van der Waals surface area contributed by atoms with E-state index in [2.05, 4.69) is 18.8 Å². The van der Waals surface area contributed by atoms with Crippen molar-refractivity contribution in [3.8, 4) is 0 Å². The third-order valence-electron chi connectivity index (χ3n) is 2.54. The number of ether oxygens (including phenoxy) is 1. The highest BCUT2D eigenvalue weighted by Gasteiger charge is 2.35. The molecular formula is C10H18N2O2. The minimum absolute atomic E-state index is 0.0244. The van der Waals surface area contributed by atoms with Crippen LogP contribution in [0, 0.1) is 5.92 Å². The smallest absolute Gasteiger partial charge is 0.247 e. The van der Waals surface area contributed by atoms with E-state index in [-0.39, 0.29) is 18.0 Å². The van der Waals surface area contributed by atoms with Crippen molar-refractivity contribution in [1.29, 1.82) is 0 Å². The van der Waals surface area contributed by atoms with E-state index in [1.807, 2.05) is 0 Å². The Bertz CT molecular complexity index is 261. The molecule has 0 radical (unpaired) electrons. The van der Waals surface area contributed by atoms with Gasteiger partial charge in [0.05, 0.1) is 7.11 Å². The second kappa shape index (κ2) is 3.98. The van der Waals surface area contributed by atoms with Gasteiger partial charge in [0.25, 0.3) is 0 Å². The van der Waals surface area contributed by atoms with Gasteiger partial charge in [-0.05, 0) is 12.8 Å². The average Bonchev–Trinajstić information content (AvgIpc) is 2.12. The van der Waals surface area contributed by atoms with Crippen molar-refractivity contribution in [2.24, 2.45) is 10.9 Å². The van der Waals surface area contributed by atoms with Crippen molar-refractivity contribution in [3.05, 3.63) is 0 Å². The van der Waals surface area contributed by atoms with E-state index in [0.717, 1.165) is 0 Å². The number of methoxy groups -OCH3 is 1. The first-order valence-corrected chi connectivity index (χ1v) is 4.87. The molecule has 1 heterocycles. The van der Waals surface area contributed by atoms with Crippen molar-refractivity contribution in [3.63, 3.8) is 0 Å². The normalized spacial score (nSPS) is 28.0. The Hall–Kier alpha value is -1.06. The van der Waals surface area contributed by atoms with E-state index in [4.69, 9.17) is 4.74 Å². The Morgan fingerprint density at radius 1 is 1.50 bits per heavy atom. The van der Waals surface area contributed by atoms with Crippen LogP contribution >= 0.6 is 0 Å². The number of likely N-dealkylation sites (N-methyl/N-ethyl adjacent to an activating group) is 1. The number of hydrogen-bond donors (Lipinski definition) is 0. The van der Waals surface area contributed by atoms with E-state index >= 15 is 0 Å². The lowest BCUT2D eigenvalue weighted by molar-refractivity contribution is -0.133.